The van der Waals surface area contributed by atoms with Crippen LogP contribution in [0.4, 0.5) is 0 Å². The zero-order valence-corrected chi connectivity index (χ0v) is 11.7. The van der Waals surface area contributed by atoms with Crippen molar-refractivity contribution in [1.82, 2.24) is 5.32 Å². The molecule has 0 bridgehead atoms. The van der Waals surface area contributed by atoms with Crippen molar-refractivity contribution >= 4 is 0 Å². The summed E-state index contributed by atoms with van der Waals surface area (Å²) in [6.07, 6.45) is 4.08. The first-order chi connectivity index (χ1) is 8.48. The Morgan fingerprint density at radius 2 is 2.11 bits per heavy atom. The molecular formula is C15H25NO2. The van der Waals surface area contributed by atoms with Gasteiger partial charge in [0.1, 0.15) is 11.5 Å². The monoisotopic (exact) mass is 251 g/mol. The third kappa shape index (κ3) is 3.36. The Morgan fingerprint density at radius 3 is 2.67 bits per heavy atom. The minimum Gasteiger partial charge on any atom is -0.465 e. The first-order valence-electron chi connectivity index (χ1n) is 7.01. The van der Waals surface area contributed by atoms with Crippen LogP contribution in [0.1, 0.15) is 57.1 Å². The summed E-state index contributed by atoms with van der Waals surface area (Å²) >= 11 is 0. The van der Waals surface area contributed by atoms with E-state index in [1.165, 1.54) is 0 Å². The molecule has 1 aliphatic rings. The number of aliphatic hydroxyl groups is 1. The maximum absolute atomic E-state index is 10.5. The lowest BCUT2D eigenvalue weighted by atomic mass is 9.79. The van der Waals surface area contributed by atoms with Crippen LogP contribution in [0.5, 0.6) is 0 Å². The minimum absolute atomic E-state index is 0.155. The molecule has 0 saturated heterocycles. The highest BCUT2D eigenvalue weighted by atomic mass is 16.3. The zero-order chi connectivity index (χ0) is 13.2. The van der Waals surface area contributed by atoms with Gasteiger partial charge < -0.3 is 14.8 Å². The summed E-state index contributed by atoms with van der Waals surface area (Å²) in [4.78, 5) is 0. The molecule has 1 heterocycles. The molecule has 1 unspecified atom stereocenters. The van der Waals surface area contributed by atoms with Crippen LogP contribution in [0, 0.1) is 12.8 Å². The molecule has 0 aromatic carbocycles. The molecule has 3 heteroatoms. The molecule has 1 fully saturated rings. The molecule has 3 nitrogen and oxygen atoms in total. The summed E-state index contributed by atoms with van der Waals surface area (Å²) in [7, 11) is 0. The van der Waals surface area contributed by atoms with Gasteiger partial charge in [-0.05, 0) is 57.6 Å². The highest BCUT2D eigenvalue weighted by Gasteiger charge is 2.31. The van der Waals surface area contributed by atoms with Gasteiger partial charge in [-0.1, -0.05) is 6.92 Å². The Morgan fingerprint density at radius 1 is 1.44 bits per heavy atom. The van der Waals surface area contributed by atoms with Gasteiger partial charge in [-0.15, -0.1) is 0 Å². The van der Waals surface area contributed by atoms with Crippen molar-refractivity contribution < 1.29 is 9.52 Å². The summed E-state index contributed by atoms with van der Waals surface area (Å²) in [5.41, 5.74) is -0.525. The molecule has 0 aliphatic heterocycles. The summed E-state index contributed by atoms with van der Waals surface area (Å²) in [6.45, 7) is 6.95. The Balaban J connectivity index is 1.84. The van der Waals surface area contributed by atoms with Crippen molar-refractivity contribution in [1.29, 1.82) is 0 Å². The summed E-state index contributed by atoms with van der Waals surface area (Å²) in [5, 5.41) is 13.9. The second kappa shape index (κ2) is 5.45. The highest BCUT2D eigenvalue weighted by Crippen LogP contribution is 2.31. The molecule has 0 radical (unpaired) electrons. The SMILES string of the molecule is Cc1ccc(C(C)NCC2(O)CCC(C)CC2)o1. The van der Waals surface area contributed by atoms with Crippen LogP contribution >= 0.6 is 0 Å². The third-order valence-electron chi connectivity index (χ3n) is 4.13. The van der Waals surface area contributed by atoms with Gasteiger partial charge in [0.25, 0.3) is 0 Å². The largest absolute Gasteiger partial charge is 0.465 e. The molecule has 2 rings (SSSR count). The van der Waals surface area contributed by atoms with Gasteiger partial charge in [0.2, 0.25) is 0 Å². The van der Waals surface area contributed by atoms with Crippen molar-refractivity contribution in [2.45, 2.75) is 58.1 Å². The van der Waals surface area contributed by atoms with E-state index in [2.05, 4.69) is 19.2 Å². The van der Waals surface area contributed by atoms with Gasteiger partial charge in [0, 0.05) is 6.54 Å². The smallest absolute Gasteiger partial charge is 0.120 e. The molecule has 18 heavy (non-hydrogen) atoms. The van der Waals surface area contributed by atoms with Gasteiger partial charge in [0.05, 0.1) is 11.6 Å². The van der Waals surface area contributed by atoms with Gasteiger partial charge in [-0.3, -0.25) is 0 Å². The molecule has 1 aliphatic carbocycles. The molecular weight excluding hydrogens is 226 g/mol. The lowest BCUT2D eigenvalue weighted by Gasteiger charge is -2.35. The van der Waals surface area contributed by atoms with E-state index < -0.39 is 5.60 Å². The van der Waals surface area contributed by atoms with Crippen LogP contribution in [0.3, 0.4) is 0 Å². The molecule has 0 spiro atoms. The Hall–Kier alpha value is -0.800. The Labute approximate surface area is 110 Å². The lowest BCUT2D eigenvalue weighted by molar-refractivity contribution is -0.00825. The number of nitrogens with one attached hydrogen (secondary N) is 1. The van der Waals surface area contributed by atoms with Gasteiger partial charge in [0.15, 0.2) is 0 Å². The fraction of sp³-hybridized carbons (Fsp3) is 0.733. The fourth-order valence-electron chi connectivity index (χ4n) is 2.61. The normalized spacial score (nSPS) is 30.3. The first-order valence-corrected chi connectivity index (χ1v) is 7.01. The molecule has 1 atom stereocenters. The maximum Gasteiger partial charge on any atom is 0.120 e. The average Bonchev–Trinajstić information content (AvgIpc) is 2.77. The summed E-state index contributed by atoms with van der Waals surface area (Å²) < 4.78 is 5.59. The van der Waals surface area contributed by atoms with Crippen LogP contribution in [-0.4, -0.2) is 17.3 Å². The van der Waals surface area contributed by atoms with E-state index in [0.717, 1.165) is 43.1 Å². The lowest BCUT2D eigenvalue weighted by Crippen LogP contribution is -2.43. The van der Waals surface area contributed by atoms with E-state index in [4.69, 9.17) is 4.42 Å². The van der Waals surface area contributed by atoms with Crippen molar-refractivity contribution in [3.05, 3.63) is 23.7 Å². The van der Waals surface area contributed by atoms with E-state index >= 15 is 0 Å². The van der Waals surface area contributed by atoms with Crippen LogP contribution < -0.4 is 5.32 Å². The molecule has 0 amide bonds. The fourth-order valence-corrected chi connectivity index (χ4v) is 2.61. The van der Waals surface area contributed by atoms with Crippen molar-refractivity contribution in [2.75, 3.05) is 6.54 Å². The molecule has 2 N–H and O–H groups in total. The molecule has 102 valence electrons. The number of rotatable bonds is 4. The van der Waals surface area contributed by atoms with Crippen LogP contribution in [-0.2, 0) is 0 Å². The van der Waals surface area contributed by atoms with Gasteiger partial charge >= 0.3 is 0 Å². The van der Waals surface area contributed by atoms with Crippen LogP contribution in [0.25, 0.3) is 0 Å². The number of hydrogen-bond acceptors (Lipinski definition) is 3. The number of hydrogen-bond donors (Lipinski definition) is 2. The number of furan rings is 1. The average molecular weight is 251 g/mol. The maximum atomic E-state index is 10.5. The van der Waals surface area contributed by atoms with E-state index in [-0.39, 0.29) is 6.04 Å². The van der Waals surface area contributed by atoms with Crippen molar-refractivity contribution in [3.8, 4) is 0 Å². The molecule has 1 aromatic heterocycles. The second-order valence-corrected chi connectivity index (χ2v) is 5.96. The predicted molar refractivity (Wildman–Crippen MR) is 72.4 cm³/mol. The number of aryl methyl sites for hydroxylation is 1. The highest BCUT2D eigenvalue weighted by molar-refractivity contribution is 5.09. The molecule has 1 saturated carbocycles. The van der Waals surface area contributed by atoms with Crippen molar-refractivity contribution in [2.24, 2.45) is 5.92 Å². The Bertz CT molecular complexity index is 378. The quantitative estimate of drug-likeness (QED) is 0.864. The second-order valence-electron chi connectivity index (χ2n) is 5.96. The summed E-state index contributed by atoms with van der Waals surface area (Å²) in [5.74, 6) is 2.64. The van der Waals surface area contributed by atoms with Gasteiger partial charge in [-0.2, -0.15) is 0 Å². The first kappa shape index (κ1) is 13.6. The predicted octanol–water partition coefficient (Wildman–Crippen LogP) is 3.18. The molecule has 1 aromatic rings. The zero-order valence-electron chi connectivity index (χ0n) is 11.7. The van der Waals surface area contributed by atoms with Crippen LogP contribution in [0.2, 0.25) is 0 Å². The minimum atomic E-state index is -0.525. The van der Waals surface area contributed by atoms with Gasteiger partial charge in [-0.25, -0.2) is 0 Å². The van der Waals surface area contributed by atoms with Crippen molar-refractivity contribution in [3.63, 3.8) is 0 Å². The standard InChI is InChI=1S/C15H25NO2/c1-11-6-8-15(17,9-7-11)10-16-13(3)14-5-4-12(2)18-14/h4-5,11,13,16-17H,6-10H2,1-3H3. The summed E-state index contributed by atoms with van der Waals surface area (Å²) in [6, 6.07) is 4.13. The third-order valence-corrected chi connectivity index (χ3v) is 4.13. The van der Waals surface area contributed by atoms with E-state index in [0.29, 0.717) is 6.54 Å². The topological polar surface area (TPSA) is 45.4 Å². The Kier molecular flexibility index (Phi) is 4.13. The van der Waals surface area contributed by atoms with E-state index in [9.17, 15) is 5.11 Å². The van der Waals surface area contributed by atoms with E-state index in [1.54, 1.807) is 0 Å². The van der Waals surface area contributed by atoms with E-state index in [1.807, 2.05) is 19.1 Å². The van der Waals surface area contributed by atoms with Crippen LogP contribution in [0.15, 0.2) is 16.5 Å².